The summed E-state index contributed by atoms with van der Waals surface area (Å²) in [6, 6.07) is 17.3. The molecule has 0 atom stereocenters. The maximum Gasteiger partial charge on any atom is 0.270 e. The molecule has 2 amide bonds. The number of nitro benzene ring substituents is 1. The molecule has 32 heavy (non-hydrogen) atoms. The van der Waals surface area contributed by atoms with Gasteiger partial charge < -0.3 is 0 Å². The Morgan fingerprint density at radius 1 is 1.03 bits per heavy atom. The van der Waals surface area contributed by atoms with Crippen LogP contribution >= 0.6 is 23.1 Å². The van der Waals surface area contributed by atoms with Crippen molar-refractivity contribution < 1.29 is 14.5 Å². The van der Waals surface area contributed by atoms with Gasteiger partial charge in [-0.2, -0.15) is 0 Å². The number of hydrogen-bond acceptors (Lipinski definition) is 7. The highest BCUT2D eigenvalue weighted by Crippen LogP contribution is 2.36. The van der Waals surface area contributed by atoms with Crippen molar-refractivity contribution in [1.82, 2.24) is 4.98 Å². The lowest BCUT2D eigenvalue weighted by molar-refractivity contribution is -0.384. The van der Waals surface area contributed by atoms with E-state index in [1.54, 1.807) is 30.0 Å². The minimum absolute atomic E-state index is 0.0444. The number of anilines is 1. The molecule has 0 fully saturated rings. The fourth-order valence-electron chi connectivity index (χ4n) is 3.62. The van der Waals surface area contributed by atoms with E-state index in [-0.39, 0.29) is 16.8 Å². The number of benzene rings is 3. The topological polar surface area (TPSA) is 93.4 Å². The van der Waals surface area contributed by atoms with E-state index in [1.165, 1.54) is 34.6 Å². The van der Waals surface area contributed by atoms with Crippen LogP contribution < -0.4 is 4.90 Å². The van der Waals surface area contributed by atoms with Crippen LogP contribution in [0.5, 0.6) is 0 Å². The molecular formula is C23H15N3O4S2. The van der Waals surface area contributed by atoms with Gasteiger partial charge in [-0.15, -0.1) is 11.3 Å². The Morgan fingerprint density at radius 2 is 1.84 bits per heavy atom. The van der Waals surface area contributed by atoms with E-state index in [2.05, 4.69) is 30.1 Å². The van der Waals surface area contributed by atoms with E-state index < -0.39 is 16.7 Å². The van der Waals surface area contributed by atoms with Crippen LogP contribution in [0.25, 0.3) is 10.2 Å². The van der Waals surface area contributed by atoms with Crippen LogP contribution in [-0.4, -0.2) is 21.7 Å². The van der Waals surface area contributed by atoms with Crippen molar-refractivity contribution in [2.45, 2.75) is 17.0 Å². The van der Waals surface area contributed by atoms with Crippen LogP contribution in [-0.2, 0) is 5.75 Å². The summed E-state index contributed by atoms with van der Waals surface area (Å²) in [5, 5.41) is 11.0. The molecular weight excluding hydrogens is 446 g/mol. The van der Waals surface area contributed by atoms with Gasteiger partial charge >= 0.3 is 0 Å². The number of non-ortho nitro benzene ring substituents is 1. The molecule has 1 aliphatic heterocycles. The molecule has 7 nitrogen and oxygen atoms in total. The molecule has 0 unspecified atom stereocenters. The molecule has 2 heterocycles. The highest BCUT2D eigenvalue weighted by Gasteiger charge is 2.38. The third-order valence-corrected chi connectivity index (χ3v) is 7.37. The number of nitro groups is 1. The summed E-state index contributed by atoms with van der Waals surface area (Å²) in [5.74, 6) is -0.254. The number of aryl methyl sites for hydroxylation is 1. The summed E-state index contributed by atoms with van der Waals surface area (Å²) < 4.78 is 1.76. The Kier molecular flexibility index (Phi) is 4.99. The molecule has 0 saturated heterocycles. The Bertz CT molecular complexity index is 1430. The first-order chi connectivity index (χ1) is 15.4. The Labute approximate surface area is 190 Å². The first-order valence-corrected chi connectivity index (χ1v) is 11.5. The number of amides is 2. The number of carbonyl (C=O) groups is 2. The van der Waals surface area contributed by atoms with Crippen molar-refractivity contribution in [2.75, 3.05) is 4.90 Å². The fraction of sp³-hybridized carbons (Fsp3) is 0.0870. The number of imide groups is 1. The van der Waals surface area contributed by atoms with Gasteiger partial charge in [-0.3, -0.25) is 19.7 Å². The number of thiazole rings is 1. The van der Waals surface area contributed by atoms with Crippen LogP contribution in [0.2, 0.25) is 0 Å². The first kappa shape index (κ1) is 20.3. The number of carbonyl (C=O) groups excluding carboxylic acids is 2. The summed E-state index contributed by atoms with van der Waals surface area (Å²) in [7, 11) is 0. The predicted octanol–water partition coefficient (Wildman–Crippen LogP) is 5.61. The molecule has 1 aliphatic rings. The number of thioether (sulfide) groups is 1. The Hall–Kier alpha value is -3.56. The largest absolute Gasteiger partial charge is 0.270 e. The second-order valence-corrected chi connectivity index (χ2v) is 9.60. The van der Waals surface area contributed by atoms with Crippen molar-refractivity contribution in [2.24, 2.45) is 0 Å². The molecule has 158 valence electrons. The zero-order valence-electron chi connectivity index (χ0n) is 16.8. The van der Waals surface area contributed by atoms with Crippen molar-refractivity contribution in [3.05, 3.63) is 93.0 Å². The smallest absolute Gasteiger partial charge is 0.268 e. The standard InChI is InChI=1S/C23H15N3O4S2/c1-13-3-2-4-14(9-13)12-31-23-24-19-8-6-15(11-20(19)32-23)25-21(27)17-7-5-16(26(29)30)10-18(17)22(25)28/h2-11H,12H2,1H3. The van der Waals surface area contributed by atoms with E-state index >= 15 is 0 Å². The number of rotatable bonds is 5. The minimum Gasteiger partial charge on any atom is -0.268 e. The zero-order valence-corrected chi connectivity index (χ0v) is 18.4. The SMILES string of the molecule is Cc1cccc(CSc2nc3ccc(N4C(=O)c5ccc([N+](=O)[O-])cc5C4=O)cc3s2)c1. The van der Waals surface area contributed by atoms with Gasteiger partial charge in [0.25, 0.3) is 17.5 Å². The average molecular weight is 462 g/mol. The summed E-state index contributed by atoms with van der Waals surface area (Å²) in [6.45, 7) is 2.06. The second-order valence-electron chi connectivity index (χ2n) is 7.34. The van der Waals surface area contributed by atoms with Crippen molar-refractivity contribution >= 4 is 56.5 Å². The van der Waals surface area contributed by atoms with Gasteiger partial charge in [0.15, 0.2) is 4.34 Å². The number of fused-ring (bicyclic) bond motifs is 2. The lowest BCUT2D eigenvalue weighted by Crippen LogP contribution is -2.29. The van der Waals surface area contributed by atoms with Gasteiger partial charge in [-0.1, -0.05) is 41.6 Å². The van der Waals surface area contributed by atoms with Gasteiger partial charge in [0.05, 0.1) is 32.0 Å². The van der Waals surface area contributed by atoms with Crippen LogP contribution in [0.15, 0.2) is 65.0 Å². The summed E-state index contributed by atoms with van der Waals surface area (Å²) in [5.41, 5.74) is 3.63. The van der Waals surface area contributed by atoms with Crippen LogP contribution in [0.4, 0.5) is 11.4 Å². The van der Waals surface area contributed by atoms with Crippen molar-refractivity contribution in [3.8, 4) is 0 Å². The maximum atomic E-state index is 12.9. The lowest BCUT2D eigenvalue weighted by atomic mass is 10.1. The minimum atomic E-state index is -0.583. The van der Waals surface area contributed by atoms with Crippen molar-refractivity contribution in [1.29, 1.82) is 0 Å². The molecule has 0 spiro atoms. The van der Waals surface area contributed by atoms with E-state index in [1.807, 2.05) is 6.07 Å². The third kappa shape index (κ3) is 3.55. The van der Waals surface area contributed by atoms with Crippen LogP contribution in [0, 0.1) is 17.0 Å². The number of nitrogens with zero attached hydrogens (tertiary/aromatic N) is 3. The summed E-state index contributed by atoms with van der Waals surface area (Å²) in [4.78, 5) is 41.9. The highest BCUT2D eigenvalue weighted by molar-refractivity contribution is 8.00. The van der Waals surface area contributed by atoms with Gasteiger partial charge in [0.1, 0.15) is 0 Å². The van der Waals surface area contributed by atoms with Gasteiger partial charge in [0, 0.05) is 17.9 Å². The molecule has 0 bridgehead atoms. The van der Waals surface area contributed by atoms with Gasteiger partial charge in [-0.25, -0.2) is 9.88 Å². The third-order valence-electron chi connectivity index (χ3n) is 5.14. The quantitative estimate of drug-likeness (QED) is 0.166. The average Bonchev–Trinajstić information content (AvgIpc) is 3.29. The first-order valence-electron chi connectivity index (χ1n) is 9.67. The van der Waals surface area contributed by atoms with Crippen molar-refractivity contribution in [3.63, 3.8) is 0 Å². The van der Waals surface area contributed by atoms with E-state index in [4.69, 9.17) is 0 Å². The molecule has 0 N–H and O–H groups in total. The molecule has 0 radical (unpaired) electrons. The van der Waals surface area contributed by atoms with Crippen LogP contribution in [0.3, 0.4) is 0 Å². The monoisotopic (exact) mass is 461 g/mol. The van der Waals surface area contributed by atoms with E-state index in [0.29, 0.717) is 5.69 Å². The molecule has 3 aromatic carbocycles. The molecule has 0 saturated carbocycles. The summed E-state index contributed by atoms with van der Waals surface area (Å²) in [6.07, 6.45) is 0. The normalized spacial score (nSPS) is 13.1. The Balaban J connectivity index is 1.42. The second kappa shape index (κ2) is 7.85. The zero-order chi connectivity index (χ0) is 22.4. The predicted molar refractivity (Wildman–Crippen MR) is 125 cm³/mol. The molecule has 5 rings (SSSR count). The highest BCUT2D eigenvalue weighted by atomic mass is 32.2. The lowest BCUT2D eigenvalue weighted by Gasteiger charge is -2.13. The molecule has 1 aromatic heterocycles. The summed E-state index contributed by atoms with van der Waals surface area (Å²) >= 11 is 3.14. The molecule has 9 heteroatoms. The maximum absolute atomic E-state index is 12.9. The number of aromatic nitrogens is 1. The fourth-order valence-corrected chi connectivity index (χ4v) is 5.66. The van der Waals surface area contributed by atoms with E-state index in [0.717, 1.165) is 31.3 Å². The van der Waals surface area contributed by atoms with Crippen LogP contribution in [0.1, 0.15) is 31.8 Å². The molecule has 4 aromatic rings. The number of hydrogen-bond donors (Lipinski definition) is 0. The van der Waals surface area contributed by atoms with Gasteiger partial charge in [-0.05, 0) is 36.8 Å². The van der Waals surface area contributed by atoms with Gasteiger partial charge in [0.2, 0.25) is 0 Å². The molecule has 0 aliphatic carbocycles. The Morgan fingerprint density at radius 3 is 2.62 bits per heavy atom. The van der Waals surface area contributed by atoms with E-state index in [9.17, 15) is 19.7 Å².